The Labute approximate surface area is 136 Å². The van der Waals surface area contributed by atoms with E-state index >= 15 is 0 Å². The van der Waals surface area contributed by atoms with Crippen LogP contribution in [0.2, 0.25) is 0 Å². The Bertz CT molecular complexity index is 886. The molecule has 4 nitrogen and oxygen atoms in total. The Hall–Kier alpha value is -2.60. The molecule has 1 amide bonds. The first-order chi connectivity index (χ1) is 11.0. The molecule has 0 atom stereocenters. The van der Waals surface area contributed by atoms with Crippen LogP contribution < -0.4 is 5.01 Å². The molecular formula is C17H14FN3OS. The van der Waals surface area contributed by atoms with Crippen molar-refractivity contribution in [3.8, 4) is 0 Å². The van der Waals surface area contributed by atoms with Crippen molar-refractivity contribution in [1.82, 2.24) is 4.98 Å². The molecule has 116 valence electrons. The summed E-state index contributed by atoms with van der Waals surface area (Å²) in [7, 11) is 0. The summed E-state index contributed by atoms with van der Waals surface area (Å²) in [4.78, 5) is 16.3. The quantitative estimate of drug-likeness (QED) is 0.536. The first-order valence-corrected chi connectivity index (χ1v) is 7.82. The smallest absolute Gasteiger partial charge is 0.246 e. The number of hydrogen-bond acceptors (Lipinski definition) is 4. The predicted molar refractivity (Wildman–Crippen MR) is 91.5 cm³/mol. The highest BCUT2D eigenvalue weighted by Gasteiger charge is 2.15. The lowest BCUT2D eigenvalue weighted by molar-refractivity contribution is -0.116. The highest BCUT2D eigenvalue weighted by atomic mass is 32.1. The summed E-state index contributed by atoms with van der Waals surface area (Å²) in [5.74, 6) is -0.550. The molecule has 0 aliphatic carbocycles. The van der Waals surface area contributed by atoms with Gasteiger partial charge >= 0.3 is 0 Å². The normalized spacial score (nSPS) is 11.3. The summed E-state index contributed by atoms with van der Waals surface area (Å²) in [5.41, 5.74) is 2.67. The van der Waals surface area contributed by atoms with Gasteiger partial charge in [0.15, 0.2) is 0 Å². The number of fused-ring (bicyclic) bond motifs is 1. The molecule has 0 saturated carbocycles. The number of aromatic nitrogens is 1. The third-order valence-corrected chi connectivity index (χ3v) is 4.20. The molecule has 0 aliphatic rings. The maximum atomic E-state index is 12.9. The Kier molecular flexibility index (Phi) is 4.16. The average Bonchev–Trinajstić information content (AvgIpc) is 2.91. The van der Waals surface area contributed by atoms with Gasteiger partial charge in [-0.2, -0.15) is 10.1 Å². The first kappa shape index (κ1) is 15.3. The molecule has 2 aromatic carbocycles. The van der Waals surface area contributed by atoms with Crippen molar-refractivity contribution in [3.63, 3.8) is 0 Å². The fraction of sp³-hybridized carbons (Fsp3) is 0.118. The van der Waals surface area contributed by atoms with Crippen molar-refractivity contribution >= 4 is 38.8 Å². The molecule has 1 aromatic heterocycles. The number of nitrogens with zero attached hydrogens (tertiary/aromatic N) is 3. The van der Waals surface area contributed by atoms with E-state index in [9.17, 15) is 9.18 Å². The van der Waals surface area contributed by atoms with E-state index < -0.39 is 0 Å². The zero-order valence-electron chi connectivity index (χ0n) is 12.7. The molecule has 23 heavy (non-hydrogen) atoms. The lowest BCUT2D eigenvalue weighted by Gasteiger charge is -2.10. The van der Waals surface area contributed by atoms with Gasteiger partial charge in [-0.05, 0) is 42.3 Å². The summed E-state index contributed by atoms with van der Waals surface area (Å²) >= 11 is 1.41. The molecule has 6 heteroatoms. The number of rotatable bonds is 3. The van der Waals surface area contributed by atoms with Crippen LogP contribution >= 0.6 is 11.3 Å². The van der Waals surface area contributed by atoms with Gasteiger partial charge in [-0.1, -0.05) is 29.5 Å². The van der Waals surface area contributed by atoms with Crippen molar-refractivity contribution < 1.29 is 9.18 Å². The van der Waals surface area contributed by atoms with Gasteiger partial charge in [0.1, 0.15) is 5.82 Å². The Morgan fingerprint density at radius 2 is 2.00 bits per heavy atom. The van der Waals surface area contributed by atoms with Gasteiger partial charge < -0.3 is 0 Å². The number of carbonyl (C=O) groups excluding carboxylic acids is 1. The SMILES string of the molecule is CC(=O)N(/N=C\c1ccc(F)cc1)c1nc2ccc(C)cc2s1. The molecule has 3 aromatic rings. The topological polar surface area (TPSA) is 45.6 Å². The molecule has 0 N–H and O–H groups in total. The second-order valence-corrected chi connectivity index (χ2v) is 6.10. The Balaban J connectivity index is 1.93. The molecule has 0 saturated heterocycles. The van der Waals surface area contributed by atoms with Gasteiger partial charge in [0.2, 0.25) is 11.0 Å². The average molecular weight is 327 g/mol. The van der Waals surface area contributed by atoms with E-state index in [0.29, 0.717) is 10.7 Å². The number of benzene rings is 2. The molecule has 1 heterocycles. The third kappa shape index (κ3) is 3.43. The lowest BCUT2D eigenvalue weighted by atomic mass is 10.2. The Morgan fingerprint density at radius 3 is 2.70 bits per heavy atom. The lowest BCUT2D eigenvalue weighted by Crippen LogP contribution is -2.22. The van der Waals surface area contributed by atoms with Crippen LogP contribution in [-0.4, -0.2) is 17.1 Å². The van der Waals surface area contributed by atoms with E-state index in [2.05, 4.69) is 10.1 Å². The third-order valence-electron chi connectivity index (χ3n) is 3.20. The Morgan fingerprint density at radius 1 is 1.26 bits per heavy atom. The fourth-order valence-electron chi connectivity index (χ4n) is 2.05. The van der Waals surface area contributed by atoms with Crippen LogP contribution in [0.15, 0.2) is 47.6 Å². The summed E-state index contributed by atoms with van der Waals surface area (Å²) in [5, 5.41) is 5.96. The van der Waals surface area contributed by atoms with Crippen LogP contribution in [0.5, 0.6) is 0 Å². The van der Waals surface area contributed by atoms with E-state index in [1.807, 2.05) is 25.1 Å². The monoisotopic (exact) mass is 327 g/mol. The number of hydrogen-bond donors (Lipinski definition) is 0. The van der Waals surface area contributed by atoms with E-state index in [1.54, 1.807) is 12.1 Å². The van der Waals surface area contributed by atoms with Gasteiger partial charge in [0.25, 0.3) is 0 Å². The van der Waals surface area contributed by atoms with Gasteiger partial charge in [-0.15, -0.1) is 0 Å². The summed E-state index contributed by atoms with van der Waals surface area (Å²) in [6.45, 7) is 3.44. The van der Waals surface area contributed by atoms with Gasteiger partial charge in [-0.25, -0.2) is 9.37 Å². The van der Waals surface area contributed by atoms with E-state index in [1.165, 1.54) is 41.6 Å². The number of aryl methyl sites for hydroxylation is 1. The summed E-state index contributed by atoms with van der Waals surface area (Å²) < 4.78 is 13.9. The second kappa shape index (κ2) is 6.26. The number of amides is 1. The number of hydrazone groups is 1. The van der Waals surface area contributed by atoms with Crippen LogP contribution in [0.4, 0.5) is 9.52 Å². The molecular weight excluding hydrogens is 313 g/mol. The minimum Gasteiger partial charge on any atom is -0.273 e. The number of halogens is 1. The van der Waals surface area contributed by atoms with Crippen LogP contribution in [-0.2, 0) is 4.79 Å². The highest BCUT2D eigenvalue weighted by Crippen LogP contribution is 2.29. The minimum atomic E-state index is -0.313. The molecule has 3 rings (SSSR count). The zero-order chi connectivity index (χ0) is 16.4. The minimum absolute atomic E-state index is 0.237. The van der Waals surface area contributed by atoms with Crippen LogP contribution in [0.25, 0.3) is 10.2 Å². The molecule has 0 aliphatic heterocycles. The van der Waals surface area contributed by atoms with E-state index in [-0.39, 0.29) is 11.7 Å². The van der Waals surface area contributed by atoms with Crippen molar-refractivity contribution in [2.75, 3.05) is 5.01 Å². The largest absolute Gasteiger partial charge is 0.273 e. The molecule has 0 fully saturated rings. The van der Waals surface area contributed by atoms with Crippen LogP contribution in [0, 0.1) is 12.7 Å². The predicted octanol–water partition coefficient (Wildman–Crippen LogP) is 4.13. The fourth-order valence-corrected chi connectivity index (χ4v) is 3.11. The molecule has 0 radical (unpaired) electrons. The van der Waals surface area contributed by atoms with E-state index in [4.69, 9.17) is 0 Å². The van der Waals surface area contributed by atoms with E-state index in [0.717, 1.165) is 15.8 Å². The van der Waals surface area contributed by atoms with Crippen molar-refractivity contribution in [1.29, 1.82) is 0 Å². The van der Waals surface area contributed by atoms with Crippen molar-refractivity contribution in [3.05, 3.63) is 59.4 Å². The summed E-state index contributed by atoms with van der Waals surface area (Å²) in [6.07, 6.45) is 1.51. The zero-order valence-corrected chi connectivity index (χ0v) is 13.5. The second-order valence-electron chi connectivity index (χ2n) is 5.09. The van der Waals surface area contributed by atoms with Gasteiger partial charge in [-0.3, -0.25) is 4.79 Å². The highest BCUT2D eigenvalue weighted by molar-refractivity contribution is 7.22. The van der Waals surface area contributed by atoms with Crippen LogP contribution in [0.3, 0.4) is 0 Å². The van der Waals surface area contributed by atoms with Gasteiger partial charge in [0.05, 0.1) is 16.4 Å². The van der Waals surface area contributed by atoms with Crippen LogP contribution in [0.1, 0.15) is 18.1 Å². The number of anilines is 1. The molecule has 0 spiro atoms. The van der Waals surface area contributed by atoms with Gasteiger partial charge in [0, 0.05) is 6.92 Å². The first-order valence-electron chi connectivity index (χ1n) is 7.00. The number of thiazole rings is 1. The summed E-state index contributed by atoms with van der Waals surface area (Å²) in [6, 6.07) is 11.8. The van der Waals surface area contributed by atoms with Crippen molar-refractivity contribution in [2.45, 2.75) is 13.8 Å². The maximum absolute atomic E-state index is 12.9. The standard InChI is InChI=1S/C17H14FN3OS/c1-11-3-8-15-16(9-11)23-17(20-15)21(12(2)22)19-10-13-4-6-14(18)7-5-13/h3-10H,1-2H3/b19-10-. The molecule has 0 unspecified atom stereocenters. The molecule has 0 bridgehead atoms. The van der Waals surface area contributed by atoms with Crippen molar-refractivity contribution in [2.24, 2.45) is 5.10 Å². The number of carbonyl (C=O) groups is 1. The maximum Gasteiger partial charge on any atom is 0.246 e.